The lowest BCUT2D eigenvalue weighted by Gasteiger charge is -2.17. The molecule has 0 aliphatic carbocycles. The second-order valence-electron chi connectivity index (χ2n) is 4.03. The number of methoxy groups -OCH3 is 1. The summed E-state index contributed by atoms with van der Waals surface area (Å²) in [5, 5.41) is 3.32. The Morgan fingerprint density at radius 2 is 2.22 bits per heavy atom. The van der Waals surface area contributed by atoms with Crippen LogP contribution >= 0.6 is 0 Å². The number of ether oxygens (including phenoxy) is 1. The summed E-state index contributed by atoms with van der Waals surface area (Å²) in [6, 6.07) is 4.88. The van der Waals surface area contributed by atoms with E-state index in [1.165, 1.54) is 13.2 Å². The molecule has 1 aromatic carbocycles. The molecule has 1 aromatic rings. The molecule has 3 heteroatoms. The standard InChI is InChI=1S/C15H20FNO/c1-4-6-7-15(17-10-5-2)13-9-8-12(18-3)11-14(13)16/h8-9,11,15,17H,5,7,10H2,1-3H3. The van der Waals surface area contributed by atoms with Crippen molar-refractivity contribution in [3.8, 4) is 17.6 Å². The maximum absolute atomic E-state index is 14.0. The first-order chi connectivity index (χ1) is 8.72. The zero-order chi connectivity index (χ0) is 13.4. The molecule has 0 spiro atoms. The molecule has 0 amide bonds. The monoisotopic (exact) mass is 249 g/mol. The SMILES string of the molecule is CC#CCC(NCCC)c1ccc(OC)cc1F. The number of hydrogen-bond acceptors (Lipinski definition) is 2. The van der Waals surface area contributed by atoms with Gasteiger partial charge in [0.15, 0.2) is 0 Å². The Morgan fingerprint density at radius 3 is 2.78 bits per heavy atom. The molecule has 0 heterocycles. The molecule has 0 aliphatic heterocycles. The molecular formula is C15H20FNO. The molecule has 1 atom stereocenters. The van der Waals surface area contributed by atoms with Crippen LogP contribution in [0.25, 0.3) is 0 Å². The first kappa shape index (κ1) is 14.5. The van der Waals surface area contributed by atoms with Crippen molar-refractivity contribution in [1.29, 1.82) is 0 Å². The summed E-state index contributed by atoms with van der Waals surface area (Å²) in [6.07, 6.45) is 1.62. The highest BCUT2D eigenvalue weighted by Gasteiger charge is 2.14. The molecule has 1 N–H and O–H groups in total. The van der Waals surface area contributed by atoms with Crippen molar-refractivity contribution in [2.24, 2.45) is 0 Å². The summed E-state index contributed by atoms with van der Waals surface area (Å²) in [5.74, 6) is 6.14. The van der Waals surface area contributed by atoms with Gasteiger partial charge < -0.3 is 10.1 Å². The van der Waals surface area contributed by atoms with Gasteiger partial charge in [-0.05, 0) is 26.0 Å². The van der Waals surface area contributed by atoms with Gasteiger partial charge in [-0.15, -0.1) is 11.8 Å². The van der Waals surface area contributed by atoms with Crippen LogP contribution in [0, 0.1) is 17.7 Å². The maximum atomic E-state index is 14.0. The fourth-order valence-corrected chi connectivity index (χ4v) is 1.73. The Kier molecular flexibility index (Phi) is 6.24. The molecule has 0 fully saturated rings. The summed E-state index contributed by atoms with van der Waals surface area (Å²) in [5.41, 5.74) is 0.645. The van der Waals surface area contributed by atoms with Gasteiger partial charge in [0.05, 0.1) is 7.11 Å². The number of rotatable bonds is 6. The zero-order valence-electron chi connectivity index (χ0n) is 11.2. The summed E-state index contributed by atoms with van der Waals surface area (Å²) >= 11 is 0. The maximum Gasteiger partial charge on any atom is 0.131 e. The Hall–Kier alpha value is -1.53. The van der Waals surface area contributed by atoms with E-state index in [0.717, 1.165) is 13.0 Å². The van der Waals surface area contributed by atoms with Crippen molar-refractivity contribution in [3.63, 3.8) is 0 Å². The Balaban J connectivity index is 2.91. The molecule has 0 bridgehead atoms. The van der Waals surface area contributed by atoms with Crippen LogP contribution in [-0.2, 0) is 0 Å². The number of benzene rings is 1. The first-order valence-electron chi connectivity index (χ1n) is 6.19. The van der Waals surface area contributed by atoms with Crippen LogP contribution in [0.2, 0.25) is 0 Å². The van der Waals surface area contributed by atoms with Crippen LogP contribution in [-0.4, -0.2) is 13.7 Å². The van der Waals surface area contributed by atoms with Gasteiger partial charge >= 0.3 is 0 Å². The Bertz CT molecular complexity index is 434. The Labute approximate surface area is 109 Å². The molecule has 0 saturated carbocycles. The van der Waals surface area contributed by atoms with E-state index in [9.17, 15) is 4.39 Å². The molecule has 1 rings (SSSR count). The summed E-state index contributed by atoms with van der Waals surface area (Å²) in [6.45, 7) is 4.72. The van der Waals surface area contributed by atoms with Crippen LogP contribution in [0.15, 0.2) is 18.2 Å². The van der Waals surface area contributed by atoms with Gasteiger partial charge in [-0.2, -0.15) is 0 Å². The predicted octanol–water partition coefficient (Wildman–Crippen LogP) is 3.29. The predicted molar refractivity (Wildman–Crippen MR) is 72.1 cm³/mol. The fourth-order valence-electron chi connectivity index (χ4n) is 1.73. The quantitative estimate of drug-likeness (QED) is 0.781. The van der Waals surface area contributed by atoms with Crippen LogP contribution in [0.1, 0.15) is 38.3 Å². The molecule has 0 radical (unpaired) electrons. The van der Waals surface area contributed by atoms with Crippen molar-refractivity contribution >= 4 is 0 Å². The summed E-state index contributed by atoms with van der Waals surface area (Å²) in [4.78, 5) is 0. The van der Waals surface area contributed by atoms with Gasteiger partial charge in [0.25, 0.3) is 0 Å². The topological polar surface area (TPSA) is 21.3 Å². The van der Waals surface area contributed by atoms with E-state index in [1.54, 1.807) is 19.1 Å². The largest absolute Gasteiger partial charge is 0.497 e. The highest BCUT2D eigenvalue weighted by atomic mass is 19.1. The minimum absolute atomic E-state index is 0.0664. The van der Waals surface area contributed by atoms with Crippen LogP contribution in [0.4, 0.5) is 4.39 Å². The van der Waals surface area contributed by atoms with Crippen molar-refractivity contribution in [1.82, 2.24) is 5.32 Å². The Morgan fingerprint density at radius 1 is 1.44 bits per heavy atom. The minimum atomic E-state index is -0.249. The second kappa shape index (κ2) is 7.73. The van der Waals surface area contributed by atoms with Crippen LogP contribution in [0.3, 0.4) is 0 Å². The third-order valence-electron chi connectivity index (χ3n) is 2.71. The lowest BCUT2D eigenvalue weighted by molar-refractivity contribution is 0.409. The number of halogens is 1. The smallest absolute Gasteiger partial charge is 0.131 e. The third-order valence-corrected chi connectivity index (χ3v) is 2.71. The van der Waals surface area contributed by atoms with E-state index < -0.39 is 0 Å². The van der Waals surface area contributed by atoms with Gasteiger partial charge in [-0.25, -0.2) is 4.39 Å². The van der Waals surface area contributed by atoms with Gasteiger partial charge in [-0.3, -0.25) is 0 Å². The van der Waals surface area contributed by atoms with E-state index >= 15 is 0 Å². The van der Waals surface area contributed by atoms with Crippen molar-refractivity contribution in [3.05, 3.63) is 29.6 Å². The second-order valence-corrected chi connectivity index (χ2v) is 4.03. The first-order valence-corrected chi connectivity index (χ1v) is 6.19. The van der Waals surface area contributed by atoms with Gasteiger partial charge in [0, 0.05) is 24.1 Å². The average Bonchev–Trinajstić information content (AvgIpc) is 2.39. The molecule has 98 valence electrons. The summed E-state index contributed by atoms with van der Waals surface area (Å²) < 4.78 is 19.0. The normalized spacial score (nSPS) is 11.6. The van der Waals surface area contributed by atoms with E-state index in [4.69, 9.17) is 4.74 Å². The average molecular weight is 249 g/mol. The molecule has 0 saturated heterocycles. The number of hydrogen-bond donors (Lipinski definition) is 1. The molecule has 0 aliphatic rings. The van der Waals surface area contributed by atoms with E-state index in [1.807, 2.05) is 0 Å². The number of nitrogens with one attached hydrogen (secondary N) is 1. The lowest BCUT2D eigenvalue weighted by atomic mass is 10.0. The van der Waals surface area contributed by atoms with Crippen molar-refractivity contribution in [2.45, 2.75) is 32.7 Å². The van der Waals surface area contributed by atoms with Crippen LogP contribution < -0.4 is 10.1 Å². The van der Waals surface area contributed by atoms with E-state index in [-0.39, 0.29) is 11.9 Å². The van der Waals surface area contributed by atoms with E-state index in [0.29, 0.717) is 17.7 Å². The molecule has 2 nitrogen and oxygen atoms in total. The van der Waals surface area contributed by atoms with Gasteiger partial charge in [-0.1, -0.05) is 13.0 Å². The molecule has 0 aromatic heterocycles. The lowest BCUT2D eigenvalue weighted by Crippen LogP contribution is -2.22. The van der Waals surface area contributed by atoms with Gasteiger partial charge in [0.2, 0.25) is 0 Å². The van der Waals surface area contributed by atoms with Crippen molar-refractivity contribution in [2.75, 3.05) is 13.7 Å². The molecule has 1 unspecified atom stereocenters. The van der Waals surface area contributed by atoms with Gasteiger partial charge in [0.1, 0.15) is 11.6 Å². The van der Waals surface area contributed by atoms with Crippen LogP contribution in [0.5, 0.6) is 5.75 Å². The molecular weight excluding hydrogens is 229 g/mol. The minimum Gasteiger partial charge on any atom is -0.497 e. The van der Waals surface area contributed by atoms with E-state index in [2.05, 4.69) is 24.1 Å². The zero-order valence-corrected chi connectivity index (χ0v) is 11.2. The highest BCUT2D eigenvalue weighted by molar-refractivity contribution is 5.31. The highest BCUT2D eigenvalue weighted by Crippen LogP contribution is 2.23. The summed E-state index contributed by atoms with van der Waals surface area (Å²) in [7, 11) is 1.53. The molecule has 18 heavy (non-hydrogen) atoms. The third kappa shape index (κ3) is 4.05. The fraction of sp³-hybridized carbons (Fsp3) is 0.467. The van der Waals surface area contributed by atoms with Crippen molar-refractivity contribution < 1.29 is 9.13 Å².